The topological polar surface area (TPSA) is 203 Å². The van der Waals surface area contributed by atoms with Crippen molar-refractivity contribution in [1.82, 2.24) is 9.88 Å². The number of aliphatic hydroxyl groups is 3. The molecule has 0 bridgehead atoms. The Hall–Kier alpha value is -4.55. The van der Waals surface area contributed by atoms with E-state index in [9.17, 15) is 39.6 Å². The summed E-state index contributed by atoms with van der Waals surface area (Å²) in [6.07, 6.45) is 1.58. The highest BCUT2D eigenvalue weighted by atomic mass is 16.3. The fourth-order valence-corrected chi connectivity index (χ4v) is 6.31. The number of ketones is 2. The van der Waals surface area contributed by atoms with Gasteiger partial charge in [-0.2, -0.15) is 0 Å². The van der Waals surface area contributed by atoms with Crippen molar-refractivity contribution < 1.29 is 39.6 Å². The van der Waals surface area contributed by atoms with Crippen molar-refractivity contribution in [2.24, 2.45) is 17.6 Å². The van der Waals surface area contributed by atoms with E-state index in [4.69, 9.17) is 5.73 Å². The van der Waals surface area contributed by atoms with E-state index in [-0.39, 0.29) is 35.6 Å². The molecule has 4 unspecified atom stereocenters. The number of aromatic hydroxyl groups is 1. The molecule has 0 spiro atoms. The monoisotopic (exact) mass is 548 g/mol. The molecule has 12 nitrogen and oxygen atoms in total. The molecule has 3 aliphatic carbocycles. The lowest BCUT2D eigenvalue weighted by Gasteiger charge is -2.50. The summed E-state index contributed by atoms with van der Waals surface area (Å²) in [4.78, 5) is 56.4. The predicted octanol–water partition coefficient (Wildman–Crippen LogP) is 0.984. The number of phenolic OH excluding ortho intramolecular Hbond substituents is 1. The summed E-state index contributed by atoms with van der Waals surface area (Å²) in [5, 5.41) is 47.3. The Bertz CT molecular complexity index is 1560. The Labute approximate surface area is 228 Å². The van der Waals surface area contributed by atoms with Crippen LogP contribution in [0.2, 0.25) is 0 Å². The average Bonchev–Trinajstić information content (AvgIpc) is 2.86. The van der Waals surface area contributed by atoms with Gasteiger partial charge in [0.25, 0.3) is 5.91 Å². The third kappa shape index (κ3) is 3.79. The first-order valence-corrected chi connectivity index (χ1v) is 12.5. The van der Waals surface area contributed by atoms with Crippen LogP contribution in [-0.4, -0.2) is 79.4 Å². The molecule has 40 heavy (non-hydrogen) atoms. The number of nitrogens with one attached hydrogen (secondary N) is 1. The Kier molecular flexibility index (Phi) is 6.27. The highest BCUT2D eigenvalue weighted by Gasteiger charge is 2.64. The number of carbonyl (C=O) groups excluding carboxylic acids is 4. The zero-order valence-corrected chi connectivity index (χ0v) is 21.9. The number of carbonyl (C=O) groups is 4. The molecule has 5 rings (SSSR count). The van der Waals surface area contributed by atoms with Crippen LogP contribution in [0, 0.1) is 11.8 Å². The third-order valence-electron chi connectivity index (χ3n) is 7.96. The van der Waals surface area contributed by atoms with Gasteiger partial charge in [-0.05, 0) is 62.7 Å². The number of pyridine rings is 1. The van der Waals surface area contributed by atoms with E-state index in [0.717, 1.165) is 0 Å². The fourth-order valence-electron chi connectivity index (χ4n) is 6.31. The number of primary amides is 1. The highest BCUT2D eigenvalue weighted by Crippen LogP contribution is 2.53. The summed E-state index contributed by atoms with van der Waals surface area (Å²) in [5.74, 6) is -7.34. The van der Waals surface area contributed by atoms with Crippen molar-refractivity contribution in [2.75, 3.05) is 19.4 Å². The van der Waals surface area contributed by atoms with E-state index in [2.05, 4.69) is 10.3 Å². The Morgan fingerprint density at radius 2 is 1.82 bits per heavy atom. The maximum Gasteiger partial charge on any atom is 0.255 e. The van der Waals surface area contributed by atoms with Crippen molar-refractivity contribution in [3.63, 3.8) is 0 Å². The molecule has 0 saturated heterocycles. The van der Waals surface area contributed by atoms with E-state index in [1.54, 1.807) is 32.3 Å². The molecule has 2 amide bonds. The summed E-state index contributed by atoms with van der Waals surface area (Å²) in [6, 6.07) is 5.11. The molecule has 0 aliphatic heterocycles. The van der Waals surface area contributed by atoms with Gasteiger partial charge in [-0.15, -0.1) is 0 Å². The largest absolute Gasteiger partial charge is 0.508 e. The van der Waals surface area contributed by atoms with Gasteiger partial charge in [0.15, 0.2) is 11.4 Å². The van der Waals surface area contributed by atoms with Crippen molar-refractivity contribution in [3.05, 3.63) is 58.5 Å². The fraction of sp³-hybridized carbons (Fsp3) is 0.321. The second-order valence-electron chi connectivity index (χ2n) is 10.6. The van der Waals surface area contributed by atoms with Gasteiger partial charge < -0.3 is 31.5 Å². The first-order chi connectivity index (χ1) is 18.8. The quantitative estimate of drug-likeness (QED) is 0.299. The standard InChI is InChI=1S/C28H28N4O8/c1-11(33)31-13-4-6-17(30-10-13)14-5-7-18(34)20-15(14)8-12-9-16-22(32(2)3)24(36)21(27(29)39)26(38)28(16,40)25(37)19(12)23(20)35/h4-7,10,12,16,22,34-35,38,40H,8-9H2,1-3H3,(H2,29,39)(H,31,33). The first kappa shape index (κ1) is 27.0. The van der Waals surface area contributed by atoms with Gasteiger partial charge in [-0.1, -0.05) is 0 Å². The first-order valence-electron chi connectivity index (χ1n) is 12.5. The summed E-state index contributed by atoms with van der Waals surface area (Å²) in [5.41, 5.74) is 3.54. The minimum Gasteiger partial charge on any atom is -0.508 e. The lowest BCUT2D eigenvalue weighted by molar-refractivity contribution is -0.153. The van der Waals surface area contributed by atoms with Crippen LogP contribution in [0.1, 0.15) is 24.5 Å². The number of likely N-dealkylation sites (N-methyl/N-ethyl adjacent to an activating group) is 1. The van der Waals surface area contributed by atoms with Gasteiger partial charge in [0, 0.05) is 24.0 Å². The maximum absolute atomic E-state index is 13.9. The van der Waals surface area contributed by atoms with Crippen LogP contribution in [0.3, 0.4) is 0 Å². The Morgan fingerprint density at radius 1 is 1.12 bits per heavy atom. The van der Waals surface area contributed by atoms with Crippen molar-refractivity contribution >= 4 is 34.8 Å². The predicted molar refractivity (Wildman–Crippen MR) is 142 cm³/mol. The Balaban J connectivity index is 1.68. The molecule has 3 aliphatic rings. The molecule has 12 heteroatoms. The number of anilines is 1. The second-order valence-corrected chi connectivity index (χ2v) is 10.6. The van der Waals surface area contributed by atoms with E-state index in [1.807, 2.05) is 0 Å². The van der Waals surface area contributed by atoms with Gasteiger partial charge in [0.05, 0.1) is 29.2 Å². The molecule has 1 fully saturated rings. The minimum absolute atomic E-state index is 0.0181. The number of amides is 2. The number of rotatable bonds is 4. The molecule has 0 radical (unpaired) electrons. The lowest BCUT2D eigenvalue weighted by atomic mass is 9.57. The highest BCUT2D eigenvalue weighted by molar-refractivity contribution is 6.24. The zero-order valence-electron chi connectivity index (χ0n) is 21.9. The number of hydrogen-bond acceptors (Lipinski definition) is 10. The molecule has 4 atom stereocenters. The van der Waals surface area contributed by atoms with E-state index < -0.39 is 58.0 Å². The summed E-state index contributed by atoms with van der Waals surface area (Å²) in [7, 11) is 3.08. The lowest BCUT2D eigenvalue weighted by Crippen LogP contribution is -2.65. The third-order valence-corrected chi connectivity index (χ3v) is 7.96. The molecule has 208 valence electrons. The number of benzene rings is 1. The molecule has 7 N–H and O–H groups in total. The molecule has 1 aromatic heterocycles. The van der Waals surface area contributed by atoms with Crippen molar-refractivity contribution in [3.8, 4) is 17.0 Å². The number of Topliss-reactive ketones (excluding diaryl/α,β-unsaturated/α-hetero) is 2. The normalized spacial score (nSPS) is 25.9. The van der Waals surface area contributed by atoms with Gasteiger partial charge in [-0.25, -0.2) is 0 Å². The minimum atomic E-state index is -2.70. The van der Waals surface area contributed by atoms with E-state index in [0.29, 0.717) is 22.5 Å². The number of fused-ring (bicyclic) bond motifs is 3. The van der Waals surface area contributed by atoms with E-state index >= 15 is 0 Å². The van der Waals surface area contributed by atoms with Crippen molar-refractivity contribution in [2.45, 2.75) is 31.4 Å². The number of aliphatic hydroxyl groups excluding tert-OH is 2. The number of nitrogens with two attached hydrogens (primary N) is 1. The number of nitrogens with zero attached hydrogens (tertiary/aromatic N) is 2. The van der Waals surface area contributed by atoms with Gasteiger partial charge in [0.2, 0.25) is 11.7 Å². The van der Waals surface area contributed by atoms with Crippen LogP contribution in [0.15, 0.2) is 47.4 Å². The zero-order chi connectivity index (χ0) is 29.3. The Morgan fingerprint density at radius 3 is 2.40 bits per heavy atom. The van der Waals surface area contributed by atoms with E-state index in [1.165, 1.54) is 24.1 Å². The summed E-state index contributed by atoms with van der Waals surface area (Å²) in [6.45, 7) is 1.37. The summed E-state index contributed by atoms with van der Waals surface area (Å²) < 4.78 is 0. The van der Waals surface area contributed by atoms with Gasteiger partial charge >= 0.3 is 0 Å². The van der Waals surface area contributed by atoms with Crippen LogP contribution in [0.4, 0.5) is 5.69 Å². The molecular weight excluding hydrogens is 520 g/mol. The SMILES string of the molecule is CC(=O)Nc1ccc(-c2ccc(O)c3c2CC2CC4C(N(C)C)C(=O)C(C(N)=O)=C(O)C4(O)C(=O)C2=C3O)nc1. The number of hydrogen-bond donors (Lipinski definition) is 6. The number of aromatic nitrogens is 1. The molecule has 1 saturated carbocycles. The summed E-state index contributed by atoms with van der Waals surface area (Å²) >= 11 is 0. The van der Waals surface area contributed by atoms with Crippen LogP contribution in [-0.2, 0) is 25.6 Å². The molecule has 2 aromatic rings. The smallest absolute Gasteiger partial charge is 0.255 e. The van der Waals surface area contributed by atoms with Crippen molar-refractivity contribution in [1.29, 1.82) is 0 Å². The van der Waals surface area contributed by atoms with Gasteiger partial charge in [-0.3, -0.25) is 29.1 Å². The van der Waals surface area contributed by atoms with Gasteiger partial charge in [0.1, 0.15) is 22.8 Å². The van der Waals surface area contributed by atoms with Crippen LogP contribution < -0.4 is 11.1 Å². The molecular formula is C28H28N4O8. The van der Waals surface area contributed by atoms with Crippen LogP contribution in [0.25, 0.3) is 17.0 Å². The second kappa shape index (κ2) is 9.28. The maximum atomic E-state index is 13.9. The van der Waals surface area contributed by atoms with Crippen LogP contribution in [0.5, 0.6) is 5.75 Å². The average molecular weight is 549 g/mol. The number of phenols is 1. The molecule has 1 heterocycles. The molecule has 1 aromatic carbocycles. The van der Waals surface area contributed by atoms with Crippen LogP contribution >= 0.6 is 0 Å².